The number of likely N-dealkylation sites (N-methyl/N-ethyl adjacent to an activating group) is 1. The molecule has 4 atom stereocenters. The molecule has 6 N–H and O–H groups in total. The summed E-state index contributed by atoms with van der Waals surface area (Å²) in [6, 6.07) is 11.4. The Morgan fingerprint density at radius 1 is 1.06 bits per heavy atom. The predicted molar refractivity (Wildman–Crippen MR) is 130 cm³/mol. The summed E-state index contributed by atoms with van der Waals surface area (Å²) in [6.45, 7) is 0. The first kappa shape index (κ1) is 23.8. The summed E-state index contributed by atoms with van der Waals surface area (Å²) >= 11 is 0. The number of phenolic OH excluding ortho intramolecular Hbond substituents is 1. The van der Waals surface area contributed by atoms with E-state index in [9.17, 15) is 34.8 Å². The number of Topliss-reactive ketones (excluding diaryl/α,β-unsaturated/α-hetero) is 2. The number of aromatic hydroxyl groups is 1. The van der Waals surface area contributed by atoms with E-state index < -0.39 is 58.0 Å². The Balaban J connectivity index is 1.75. The number of nitrogens with two attached hydrogens (primary N) is 1. The number of nitrogens with zero attached hydrogens (tertiary/aromatic N) is 1. The number of phenols is 1. The molecular formula is C27H26N2O7. The maximum atomic E-state index is 13.8. The zero-order valence-corrected chi connectivity index (χ0v) is 19.7. The fraction of sp³-hybridized carbons (Fsp3) is 0.296. The highest BCUT2D eigenvalue weighted by molar-refractivity contribution is 6.24. The monoisotopic (exact) mass is 490 g/mol. The number of ketones is 2. The zero-order chi connectivity index (χ0) is 26.1. The molecule has 1 amide bonds. The molecule has 2 aromatic carbocycles. The lowest BCUT2D eigenvalue weighted by atomic mass is 9.57. The Bertz CT molecular complexity index is 1390. The lowest BCUT2D eigenvalue weighted by Gasteiger charge is -2.50. The molecule has 0 bridgehead atoms. The van der Waals surface area contributed by atoms with E-state index in [1.165, 1.54) is 11.0 Å². The average Bonchev–Trinajstić information content (AvgIpc) is 2.81. The smallest absolute Gasteiger partial charge is 0.255 e. The van der Waals surface area contributed by atoms with Crippen LogP contribution in [0.4, 0.5) is 0 Å². The highest BCUT2D eigenvalue weighted by Gasteiger charge is 2.64. The minimum atomic E-state index is -2.64. The molecule has 0 aliphatic heterocycles. The number of carbonyl (C=O) groups is 3. The normalized spacial score (nSPS) is 27.6. The lowest BCUT2D eigenvalue weighted by Crippen LogP contribution is -2.65. The van der Waals surface area contributed by atoms with Gasteiger partial charge in [-0.1, -0.05) is 36.4 Å². The third kappa shape index (κ3) is 3.06. The van der Waals surface area contributed by atoms with E-state index in [0.29, 0.717) is 5.56 Å². The summed E-state index contributed by atoms with van der Waals surface area (Å²) in [6.07, 6.45) is 0.294. The molecule has 0 saturated heterocycles. The van der Waals surface area contributed by atoms with Gasteiger partial charge in [0.1, 0.15) is 22.8 Å². The van der Waals surface area contributed by atoms with Crippen LogP contribution in [0, 0.1) is 11.8 Å². The van der Waals surface area contributed by atoms with Crippen LogP contribution in [0.25, 0.3) is 16.9 Å². The van der Waals surface area contributed by atoms with Crippen molar-refractivity contribution in [2.75, 3.05) is 14.1 Å². The van der Waals surface area contributed by atoms with Crippen LogP contribution >= 0.6 is 0 Å². The number of hydrogen-bond donors (Lipinski definition) is 5. The van der Waals surface area contributed by atoms with E-state index in [1.54, 1.807) is 20.2 Å². The van der Waals surface area contributed by atoms with Crippen molar-refractivity contribution in [3.8, 4) is 16.9 Å². The predicted octanol–water partition coefficient (Wildman–Crippen LogP) is 1.63. The van der Waals surface area contributed by atoms with Crippen molar-refractivity contribution in [2.45, 2.75) is 24.5 Å². The lowest BCUT2D eigenvalue weighted by molar-refractivity contribution is -0.153. The van der Waals surface area contributed by atoms with Gasteiger partial charge in [0.05, 0.1) is 11.6 Å². The third-order valence-corrected chi connectivity index (χ3v) is 7.69. The topological polar surface area (TPSA) is 161 Å². The minimum absolute atomic E-state index is 0.0512. The van der Waals surface area contributed by atoms with E-state index in [0.717, 1.165) is 11.1 Å². The Hall–Kier alpha value is -3.95. The van der Waals surface area contributed by atoms with Crippen molar-refractivity contribution >= 4 is 23.2 Å². The van der Waals surface area contributed by atoms with Gasteiger partial charge < -0.3 is 26.2 Å². The molecular weight excluding hydrogens is 464 g/mol. The van der Waals surface area contributed by atoms with Crippen LogP contribution in [-0.2, 0) is 20.8 Å². The maximum absolute atomic E-state index is 13.8. The van der Waals surface area contributed by atoms with Crippen LogP contribution in [0.2, 0.25) is 0 Å². The van der Waals surface area contributed by atoms with Crippen LogP contribution in [0.15, 0.2) is 59.4 Å². The number of rotatable bonds is 3. The second-order valence-corrected chi connectivity index (χ2v) is 9.81. The molecule has 9 nitrogen and oxygen atoms in total. The van der Waals surface area contributed by atoms with Gasteiger partial charge in [0.2, 0.25) is 5.78 Å². The van der Waals surface area contributed by atoms with Gasteiger partial charge in [-0.15, -0.1) is 0 Å². The Kier molecular flexibility index (Phi) is 5.31. The van der Waals surface area contributed by atoms with Crippen molar-refractivity contribution < 1.29 is 34.8 Å². The second kappa shape index (κ2) is 8.04. The van der Waals surface area contributed by atoms with Crippen LogP contribution in [-0.4, -0.2) is 68.5 Å². The molecule has 0 heterocycles. The highest BCUT2D eigenvalue weighted by atomic mass is 16.3. The fourth-order valence-corrected chi connectivity index (χ4v) is 6.13. The van der Waals surface area contributed by atoms with Crippen LogP contribution in [0.3, 0.4) is 0 Å². The van der Waals surface area contributed by atoms with E-state index in [4.69, 9.17) is 5.73 Å². The molecule has 2 aromatic rings. The van der Waals surface area contributed by atoms with Gasteiger partial charge in [0.15, 0.2) is 11.4 Å². The SMILES string of the molecule is CN(C)C1C(=O)C(C(N)=O)=C(O)[C@@]2(O)C(=O)C3=C(O)c4c(O)ccc(-c5ccccc5)c4C[C@H]3C[C@@H]12. The molecule has 1 fully saturated rings. The third-order valence-electron chi connectivity index (χ3n) is 7.69. The summed E-state index contributed by atoms with van der Waals surface area (Å²) < 4.78 is 0. The number of hydrogen-bond acceptors (Lipinski definition) is 8. The maximum Gasteiger partial charge on any atom is 0.255 e. The van der Waals surface area contributed by atoms with Crippen molar-refractivity contribution in [1.82, 2.24) is 4.90 Å². The standard InChI is InChI=1S/C27H26N2O7/c1-29(2)21-16-11-13-10-15-14(12-6-4-3-5-7-12)8-9-17(30)19(15)22(31)18(13)24(33)27(16,36)25(34)20(23(21)32)26(28)35/h3-9,13,16,21,30-31,34,36H,10-11H2,1-2H3,(H2,28,35)/t13-,16-,21?,27-/m0/s1. The van der Waals surface area contributed by atoms with Gasteiger partial charge in [-0.2, -0.15) is 0 Å². The summed E-state index contributed by atoms with van der Waals surface area (Å²) in [5, 5.41) is 44.4. The minimum Gasteiger partial charge on any atom is -0.508 e. The molecule has 9 heteroatoms. The number of primary amides is 1. The molecule has 5 rings (SSSR count). The number of amides is 1. The molecule has 0 aromatic heterocycles. The summed E-state index contributed by atoms with van der Waals surface area (Å²) in [7, 11) is 3.14. The molecule has 186 valence electrons. The van der Waals surface area contributed by atoms with Gasteiger partial charge in [0.25, 0.3) is 5.91 Å². The first-order valence-corrected chi connectivity index (χ1v) is 11.5. The molecule has 3 aliphatic carbocycles. The number of benzene rings is 2. The van der Waals surface area contributed by atoms with Gasteiger partial charge in [-0.3, -0.25) is 19.3 Å². The summed E-state index contributed by atoms with van der Waals surface area (Å²) in [4.78, 5) is 40.5. The number of aliphatic hydroxyl groups is 3. The number of carbonyl (C=O) groups excluding carboxylic acids is 3. The van der Waals surface area contributed by atoms with E-state index in [2.05, 4.69) is 0 Å². The van der Waals surface area contributed by atoms with Crippen molar-refractivity contribution in [2.24, 2.45) is 17.6 Å². The van der Waals surface area contributed by atoms with Crippen LogP contribution in [0.1, 0.15) is 17.5 Å². The number of aliphatic hydroxyl groups excluding tert-OH is 2. The zero-order valence-electron chi connectivity index (χ0n) is 19.7. The second-order valence-electron chi connectivity index (χ2n) is 9.81. The van der Waals surface area contributed by atoms with Gasteiger partial charge in [-0.25, -0.2) is 0 Å². The largest absolute Gasteiger partial charge is 0.508 e. The molecule has 3 aliphatic rings. The first-order chi connectivity index (χ1) is 17.0. The molecule has 36 heavy (non-hydrogen) atoms. The van der Waals surface area contributed by atoms with Crippen molar-refractivity contribution in [3.63, 3.8) is 0 Å². The molecule has 0 radical (unpaired) electrons. The summed E-state index contributed by atoms with van der Waals surface area (Å²) in [5.74, 6) is -6.61. The average molecular weight is 491 g/mol. The summed E-state index contributed by atoms with van der Waals surface area (Å²) in [5.41, 5.74) is 4.04. The van der Waals surface area contributed by atoms with E-state index >= 15 is 0 Å². The van der Waals surface area contributed by atoms with Gasteiger partial charge in [0, 0.05) is 11.5 Å². The Morgan fingerprint density at radius 3 is 2.33 bits per heavy atom. The first-order valence-electron chi connectivity index (χ1n) is 11.5. The van der Waals surface area contributed by atoms with Crippen LogP contribution < -0.4 is 5.73 Å². The quantitative estimate of drug-likeness (QED) is 0.406. The fourth-order valence-electron chi connectivity index (χ4n) is 6.13. The van der Waals surface area contributed by atoms with Crippen LogP contribution in [0.5, 0.6) is 5.75 Å². The van der Waals surface area contributed by atoms with Gasteiger partial charge in [-0.05, 0) is 55.6 Å². The Morgan fingerprint density at radius 2 is 1.72 bits per heavy atom. The molecule has 1 saturated carbocycles. The molecule has 0 spiro atoms. The molecule has 1 unspecified atom stereocenters. The Labute approximate surface area is 206 Å². The number of fused-ring (bicyclic) bond motifs is 3. The van der Waals surface area contributed by atoms with Gasteiger partial charge >= 0.3 is 0 Å². The van der Waals surface area contributed by atoms with E-state index in [-0.39, 0.29) is 29.7 Å². The van der Waals surface area contributed by atoms with E-state index in [1.807, 2.05) is 30.3 Å². The van der Waals surface area contributed by atoms with Crippen molar-refractivity contribution in [3.05, 3.63) is 70.5 Å². The van der Waals surface area contributed by atoms with Crippen molar-refractivity contribution in [1.29, 1.82) is 0 Å². The highest BCUT2D eigenvalue weighted by Crippen LogP contribution is 2.53.